The third-order valence-corrected chi connectivity index (χ3v) is 3.98. The van der Waals surface area contributed by atoms with Gasteiger partial charge in [-0.2, -0.15) is 26.3 Å². The van der Waals surface area contributed by atoms with E-state index in [1.54, 1.807) is 0 Å². The van der Waals surface area contributed by atoms with Gasteiger partial charge in [0, 0.05) is 6.54 Å². The summed E-state index contributed by atoms with van der Waals surface area (Å²) < 4.78 is 83.1. The van der Waals surface area contributed by atoms with Crippen LogP contribution in [-0.2, 0) is 27.4 Å². The smallest absolute Gasteiger partial charge is 0.378 e. The van der Waals surface area contributed by atoms with Gasteiger partial charge in [-0.05, 0) is 37.6 Å². The number of hydrogen-bond acceptors (Lipinski definition) is 3. The molecule has 1 atom stereocenters. The summed E-state index contributed by atoms with van der Waals surface area (Å²) in [6.07, 6.45) is -9.90. The maximum atomic E-state index is 13.0. The zero-order valence-corrected chi connectivity index (χ0v) is 14.0. The highest BCUT2D eigenvalue weighted by Crippen LogP contribution is 2.38. The van der Waals surface area contributed by atoms with Crippen LogP contribution in [0.25, 0.3) is 0 Å². The van der Waals surface area contributed by atoms with Crippen LogP contribution in [0.5, 0.6) is 0 Å². The largest absolute Gasteiger partial charge is 0.416 e. The van der Waals surface area contributed by atoms with E-state index in [4.69, 9.17) is 4.74 Å². The van der Waals surface area contributed by atoms with Gasteiger partial charge in [0.05, 0.1) is 29.9 Å². The van der Waals surface area contributed by atoms with Crippen LogP contribution in [0.1, 0.15) is 30.5 Å². The van der Waals surface area contributed by atoms with Crippen LogP contribution in [0.2, 0.25) is 0 Å². The predicted octanol–water partition coefficient (Wildman–Crippen LogP) is 3.06. The number of benzene rings is 1. The lowest BCUT2D eigenvalue weighted by molar-refractivity contribution is -0.143. The third-order valence-electron chi connectivity index (χ3n) is 3.98. The molecule has 0 bridgehead atoms. The average molecular weight is 384 g/mol. The zero-order valence-electron chi connectivity index (χ0n) is 14.0. The van der Waals surface area contributed by atoms with E-state index >= 15 is 0 Å². The van der Waals surface area contributed by atoms with Crippen LogP contribution < -0.4 is 10.6 Å². The van der Waals surface area contributed by atoms with Gasteiger partial charge >= 0.3 is 12.4 Å². The summed E-state index contributed by atoms with van der Waals surface area (Å²) in [5, 5.41) is 5.35. The first kappa shape index (κ1) is 20.5. The molecule has 0 spiro atoms. The number of rotatable bonds is 3. The third kappa shape index (κ3) is 4.88. The first-order valence-electron chi connectivity index (χ1n) is 7.74. The molecule has 10 heteroatoms. The molecule has 1 aromatic rings. The SMILES string of the molecule is CC(C)(NC(=O)[C@H]1COCCN1)c1cc(C(F)(F)F)cc(C(F)(F)F)c1. The Kier molecular flexibility index (Phi) is 5.57. The Hall–Kier alpha value is -1.81. The lowest BCUT2D eigenvalue weighted by Crippen LogP contribution is -2.55. The second kappa shape index (κ2) is 7.07. The van der Waals surface area contributed by atoms with Crippen molar-refractivity contribution in [1.82, 2.24) is 10.6 Å². The van der Waals surface area contributed by atoms with E-state index in [-0.39, 0.29) is 18.2 Å². The number of amides is 1. The van der Waals surface area contributed by atoms with E-state index in [1.807, 2.05) is 0 Å². The van der Waals surface area contributed by atoms with Gasteiger partial charge in [0.25, 0.3) is 0 Å². The predicted molar refractivity (Wildman–Crippen MR) is 80.2 cm³/mol. The maximum Gasteiger partial charge on any atom is 0.416 e. The van der Waals surface area contributed by atoms with Gasteiger partial charge < -0.3 is 15.4 Å². The summed E-state index contributed by atoms with van der Waals surface area (Å²) in [4.78, 5) is 12.3. The Morgan fingerprint density at radius 1 is 1.04 bits per heavy atom. The molecule has 1 aromatic carbocycles. The quantitative estimate of drug-likeness (QED) is 0.788. The second-order valence-corrected chi connectivity index (χ2v) is 6.49. The lowest BCUT2D eigenvalue weighted by atomic mass is 9.90. The van der Waals surface area contributed by atoms with Crippen LogP contribution in [-0.4, -0.2) is 31.7 Å². The summed E-state index contributed by atoms with van der Waals surface area (Å²) in [5.41, 5.74) is -4.62. The molecule has 1 saturated heterocycles. The van der Waals surface area contributed by atoms with Crippen molar-refractivity contribution in [2.24, 2.45) is 0 Å². The van der Waals surface area contributed by atoms with Crippen molar-refractivity contribution in [2.75, 3.05) is 19.8 Å². The number of nitrogens with one attached hydrogen (secondary N) is 2. The molecule has 0 unspecified atom stereocenters. The first-order chi connectivity index (χ1) is 11.8. The van der Waals surface area contributed by atoms with E-state index in [1.165, 1.54) is 13.8 Å². The Morgan fingerprint density at radius 2 is 1.54 bits per heavy atom. The molecule has 4 nitrogen and oxygen atoms in total. The van der Waals surface area contributed by atoms with Crippen LogP contribution in [0, 0.1) is 0 Å². The minimum absolute atomic E-state index is 0.0535. The summed E-state index contributed by atoms with van der Waals surface area (Å²) in [6.45, 7) is 3.57. The molecule has 26 heavy (non-hydrogen) atoms. The fourth-order valence-electron chi connectivity index (χ4n) is 2.52. The number of carbonyl (C=O) groups is 1. The summed E-state index contributed by atoms with van der Waals surface area (Å²) in [5.74, 6) is -0.569. The maximum absolute atomic E-state index is 13.0. The molecule has 0 radical (unpaired) electrons. The molecule has 146 valence electrons. The summed E-state index contributed by atoms with van der Waals surface area (Å²) >= 11 is 0. The lowest BCUT2D eigenvalue weighted by Gasteiger charge is -2.32. The number of hydrogen-bond donors (Lipinski definition) is 2. The molecule has 0 saturated carbocycles. The van der Waals surface area contributed by atoms with Crippen LogP contribution in [0.3, 0.4) is 0 Å². The van der Waals surface area contributed by atoms with Gasteiger partial charge in [0.15, 0.2) is 0 Å². The summed E-state index contributed by atoms with van der Waals surface area (Å²) in [6, 6.07) is 0.550. The number of alkyl halides is 6. The fourth-order valence-corrected chi connectivity index (χ4v) is 2.52. The average Bonchev–Trinajstić information content (AvgIpc) is 2.53. The topological polar surface area (TPSA) is 50.4 Å². The van der Waals surface area contributed by atoms with Crippen molar-refractivity contribution in [3.8, 4) is 0 Å². The molecule has 1 aliphatic rings. The van der Waals surface area contributed by atoms with Crippen molar-refractivity contribution >= 4 is 5.91 Å². The minimum Gasteiger partial charge on any atom is -0.378 e. The van der Waals surface area contributed by atoms with E-state index in [2.05, 4.69) is 10.6 Å². The Bertz CT molecular complexity index is 631. The molecule has 2 rings (SSSR count). The standard InChI is InChI=1S/C16H18F6N2O2/c1-14(2,24-13(25)12-8-26-4-3-23-12)9-5-10(15(17,18)19)7-11(6-9)16(20,21)22/h5-7,12,23H,3-4,8H2,1-2H3,(H,24,25)/t12-/m1/s1. The van der Waals surface area contributed by atoms with E-state index < -0.39 is 41.0 Å². The molecule has 0 aliphatic carbocycles. The van der Waals surface area contributed by atoms with Crippen molar-refractivity contribution < 1.29 is 35.9 Å². The Balaban J connectivity index is 2.36. The highest BCUT2D eigenvalue weighted by molar-refractivity contribution is 5.82. The van der Waals surface area contributed by atoms with E-state index in [0.29, 0.717) is 25.3 Å². The van der Waals surface area contributed by atoms with Crippen molar-refractivity contribution in [2.45, 2.75) is 37.8 Å². The highest BCUT2D eigenvalue weighted by atomic mass is 19.4. The molecule has 0 aromatic heterocycles. The molecule has 1 aliphatic heterocycles. The second-order valence-electron chi connectivity index (χ2n) is 6.49. The number of ether oxygens (including phenoxy) is 1. The fraction of sp³-hybridized carbons (Fsp3) is 0.562. The van der Waals surface area contributed by atoms with Gasteiger partial charge in [-0.15, -0.1) is 0 Å². The first-order valence-corrected chi connectivity index (χ1v) is 7.74. The van der Waals surface area contributed by atoms with Crippen molar-refractivity contribution in [3.63, 3.8) is 0 Å². The van der Waals surface area contributed by atoms with Crippen molar-refractivity contribution in [3.05, 3.63) is 34.9 Å². The number of morpholine rings is 1. The van der Waals surface area contributed by atoms with E-state index in [0.717, 1.165) is 0 Å². The molecule has 1 amide bonds. The zero-order chi connectivity index (χ0) is 19.8. The van der Waals surface area contributed by atoms with Gasteiger partial charge in [0.2, 0.25) is 5.91 Å². The van der Waals surface area contributed by atoms with Gasteiger partial charge in [0.1, 0.15) is 6.04 Å². The van der Waals surface area contributed by atoms with Gasteiger partial charge in [-0.25, -0.2) is 0 Å². The molecule has 2 N–H and O–H groups in total. The van der Waals surface area contributed by atoms with E-state index in [9.17, 15) is 31.1 Å². The minimum atomic E-state index is -4.95. The molecular weight excluding hydrogens is 366 g/mol. The Labute approximate surface area is 145 Å². The van der Waals surface area contributed by atoms with Crippen LogP contribution in [0.4, 0.5) is 26.3 Å². The van der Waals surface area contributed by atoms with Gasteiger partial charge in [-0.3, -0.25) is 4.79 Å². The van der Waals surface area contributed by atoms with Gasteiger partial charge in [-0.1, -0.05) is 0 Å². The summed E-state index contributed by atoms with van der Waals surface area (Å²) in [7, 11) is 0. The monoisotopic (exact) mass is 384 g/mol. The Morgan fingerprint density at radius 3 is 1.96 bits per heavy atom. The molecule has 1 fully saturated rings. The normalized spacial score (nSPS) is 19.3. The molecule has 1 heterocycles. The number of halogens is 6. The number of carbonyl (C=O) groups excluding carboxylic acids is 1. The molecular formula is C16H18F6N2O2. The van der Waals surface area contributed by atoms with Crippen LogP contribution >= 0.6 is 0 Å². The van der Waals surface area contributed by atoms with Crippen LogP contribution in [0.15, 0.2) is 18.2 Å². The highest BCUT2D eigenvalue weighted by Gasteiger charge is 2.39. The van der Waals surface area contributed by atoms with Crippen molar-refractivity contribution in [1.29, 1.82) is 0 Å².